The van der Waals surface area contributed by atoms with Gasteiger partial charge in [-0.05, 0) is 63.8 Å². The summed E-state index contributed by atoms with van der Waals surface area (Å²) in [7, 11) is 1.53. The minimum Gasteiger partial charge on any atom is -0.493 e. The van der Waals surface area contributed by atoms with E-state index in [-0.39, 0.29) is 23.4 Å². The summed E-state index contributed by atoms with van der Waals surface area (Å²) >= 11 is 22.5. The van der Waals surface area contributed by atoms with Crippen molar-refractivity contribution < 1.29 is 23.8 Å². The van der Waals surface area contributed by atoms with Crippen molar-refractivity contribution >= 4 is 85.4 Å². The Labute approximate surface area is 260 Å². The van der Waals surface area contributed by atoms with E-state index in [2.05, 4.69) is 15.9 Å². The van der Waals surface area contributed by atoms with E-state index in [1.54, 1.807) is 60.7 Å². The topological polar surface area (TPSA) is 65.1 Å². The van der Waals surface area contributed by atoms with Crippen molar-refractivity contribution in [3.63, 3.8) is 0 Å². The fourth-order valence-electron chi connectivity index (χ4n) is 3.91. The molecule has 1 atom stereocenters. The van der Waals surface area contributed by atoms with Crippen LogP contribution >= 0.6 is 63.1 Å². The van der Waals surface area contributed by atoms with Crippen LogP contribution in [-0.4, -0.2) is 34.8 Å². The maximum absolute atomic E-state index is 13.6. The number of rotatable bonds is 10. The molecule has 0 aromatic heterocycles. The van der Waals surface area contributed by atoms with Crippen molar-refractivity contribution in [2.45, 2.75) is 26.0 Å². The van der Waals surface area contributed by atoms with Crippen molar-refractivity contribution in [2.24, 2.45) is 0 Å². The first-order valence-electron chi connectivity index (χ1n) is 12.2. The molecule has 4 rings (SSSR count). The van der Waals surface area contributed by atoms with Crippen LogP contribution in [0.25, 0.3) is 6.08 Å². The molecule has 1 aliphatic rings. The smallest absolute Gasteiger partial charge is 0.333 e. The Morgan fingerprint density at radius 2 is 1.90 bits per heavy atom. The lowest BCUT2D eigenvalue weighted by Crippen LogP contribution is -2.38. The van der Waals surface area contributed by atoms with Gasteiger partial charge < -0.3 is 14.2 Å². The first-order chi connectivity index (χ1) is 19.2. The van der Waals surface area contributed by atoms with E-state index in [9.17, 15) is 9.59 Å². The summed E-state index contributed by atoms with van der Waals surface area (Å²) in [5, 5.41) is 1.03. The summed E-state index contributed by atoms with van der Waals surface area (Å²) in [6, 6.07) is 16.8. The van der Waals surface area contributed by atoms with Crippen LogP contribution < -0.4 is 9.47 Å². The highest BCUT2D eigenvalue weighted by atomic mass is 79.9. The zero-order valence-electron chi connectivity index (χ0n) is 21.5. The number of thioether (sulfide) groups is 1. The molecule has 0 N–H and O–H groups in total. The number of nitrogens with zero attached hydrogens (tertiary/aromatic N) is 1. The second-order valence-corrected chi connectivity index (χ2v) is 12.0. The van der Waals surface area contributed by atoms with E-state index in [0.717, 1.165) is 17.3 Å². The zero-order valence-corrected chi connectivity index (χ0v) is 26.2. The lowest BCUT2D eigenvalue weighted by molar-refractivity contribution is -0.151. The summed E-state index contributed by atoms with van der Waals surface area (Å²) in [5.41, 5.74) is 2.05. The molecule has 1 aliphatic heterocycles. The van der Waals surface area contributed by atoms with Crippen LogP contribution in [0.5, 0.6) is 11.5 Å². The van der Waals surface area contributed by atoms with E-state index in [1.807, 2.05) is 13.0 Å². The Morgan fingerprint density at radius 3 is 2.58 bits per heavy atom. The predicted molar refractivity (Wildman–Crippen MR) is 167 cm³/mol. The van der Waals surface area contributed by atoms with Gasteiger partial charge >= 0.3 is 5.97 Å². The number of carbonyl (C=O) groups is 2. The number of amides is 1. The average Bonchev–Trinajstić information content (AvgIpc) is 3.20. The van der Waals surface area contributed by atoms with Gasteiger partial charge in [0, 0.05) is 15.6 Å². The minimum atomic E-state index is -0.983. The predicted octanol–water partition coefficient (Wildman–Crippen LogP) is 8.24. The molecule has 1 fully saturated rings. The van der Waals surface area contributed by atoms with Crippen LogP contribution in [0.4, 0.5) is 0 Å². The number of hydrogen-bond donors (Lipinski definition) is 0. The van der Waals surface area contributed by atoms with Crippen molar-refractivity contribution in [1.82, 2.24) is 4.90 Å². The van der Waals surface area contributed by atoms with Gasteiger partial charge in [0.15, 0.2) is 17.5 Å². The zero-order chi connectivity index (χ0) is 28.8. The summed E-state index contributed by atoms with van der Waals surface area (Å²) in [6.45, 7) is 2.35. The number of thiocarbonyl (C=S) groups is 1. The van der Waals surface area contributed by atoms with E-state index in [4.69, 9.17) is 49.6 Å². The normalized spacial score (nSPS) is 14.9. The van der Waals surface area contributed by atoms with Crippen LogP contribution in [-0.2, 0) is 20.9 Å². The summed E-state index contributed by atoms with van der Waals surface area (Å²) in [6.07, 6.45) is 2.36. The fourth-order valence-corrected chi connectivity index (χ4v) is 6.26. The van der Waals surface area contributed by atoms with Gasteiger partial charge in [0.2, 0.25) is 0 Å². The molecular weight excluding hydrogens is 657 g/mol. The molecule has 0 saturated carbocycles. The molecule has 208 valence electrons. The first kappa shape index (κ1) is 30.4. The standard InChI is InChI=1S/C29H24BrCl2NO5S2/c1-3-11-37-28(35)25(18-7-5-4-6-8-18)33-27(34)24(40-29(33)39)14-17-12-21(30)26(23(13-17)36-2)38-16-19-9-10-20(31)15-22(19)32/h4-10,12-15,25H,3,11,16H2,1-2H3/b24-14-. The molecule has 40 heavy (non-hydrogen) atoms. The van der Waals surface area contributed by atoms with Crippen molar-refractivity contribution in [3.8, 4) is 11.5 Å². The Balaban J connectivity index is 1.60. The second-order valence-electron chi connectivity index (χ2n) is 8.59. The molecule has 6 nitrogen and oxygen atoms in total. The first-order valence-corrected chi connectivity index (χ1v) is 14.9. The molecule has 11 heteroatoms. The third kappa shape index (κ3) is 7.01. The van der Waals surface area contributed by atoms with Gasteiger partial charge in [-0.25, -0.2) is 4.79 Å². The van der Waals surface area contributed by atoms with Crippen LogP contribution in [0.1, 0.15) is 36.1 Å². The molecule has 3 aromatic rings. The molecule has 1 amide bonds. The van der Waals surface area contributed by atoms with Gasteiger partial charge in [-0.3, -0.25) is 9.69 Å². The van der Waals surface area contributed by atoms with E-state index in [1.165, 1.54) is 12.0 Å². The number of hydrogen-bond acceptors (Lipinski definition) is 7. The molecule has 1 heterocycles. The lowest BCUT2D eigenvalue weighted by Gasteiger charge is -2.25. The van der Waals surface area contributed by atoms with Crippen LogP contribution in [0.2, 0.25) is 10.0 Å². The highest BCUT2D eigenvalue weighted by Crippen LogP contribution is 2.42. The van der Waals surface area contributed by atoms with Crippen LogP contribution in [0.15, 0.2) is 70.0 Å². The molecule has 3 aromatic carbocycles. The summed E-state index contributed by atoms with van der Waals surface area (Å²) < 4.78 is 17.9. The summed E-state index contributed by atoms with van der Waals surface area (Å²) in [5.74, 6) is 0.00919. The van der Waals surface area contributed by atoms with Crippen molar-refractivity contribution in [1.29, 1.82) is 0 Å². The van der Waals surface area contributed by atoms with Crippen molar-refractivity contribution in [2.75, 3.05) is 13.7 Å². The Bertz CT molecular complexity index is 1470. The average molecular weight is 681 g/mol. The van der Waals surface area contributed by atoms with Crippen LogP contribution in [0, 0.1) is 0 Å². The largest absolute Gasteiger partial charge is 0.493 e. The second kappa shape index (κ2) is 13.9. The Hall–Kier alpha value is -2.56. The number of benzene rings is 3. The van der Waals surface area contributed by atoms with Gasteiger partial charge in [-0.15, -0.1) is 0 Å². The fraction of sp³-hybridized carbons (Fsp3) is 0.207. The SMILES string of the molecule is CCCOC(=O)C(c1ccccc1)N1C(=O)/C(=C/c2cc(Br)c(OCc3ccc(Cl)cc3Cl)c(OC)c2)SC1=S. The number of esters is 1. The highest BCUT2D eigenvalue weighted by molar-refractivity contribution is 9.10. The third-order valence-electron chi connectivity index (χ3n) is 5.81. The number of carbonyl (C=O) groups excluding carboxylic acids is 2. The van der Waals surface area contributed by atoms with Gasteiger partial charge in [0.05, 0.1) is 23.1 Å². The minimum absolute atomic E-state index is 0.192. The Kier molecular flexibility index (Phi) is 10.5. The Morgan fingerprint density at radius 1 is 1.15 bits per heavy atom. The van der Waals surface area contributed by atoms with Gasteiger partial charge in [0.1, 0.15) is 10.9 Å². The van der Waals surface area contributed by atoms with Gasteiger partial charge in [-0.2, -0.15) is 0 Å². The van der Waals surface area contributed by atoms with E-state index < -0.39 is 12.0 Å². The maximum Gasteiger partial charge on any atom is 0.333 e. The lowest BCUT2D eigenvalue weighted by atomic mass is 10.1. The highest BCUT2D eigenvalue weighted by Gasteiger charge is 2.42. The molecule has 0 radical (unpaired) electrons. The molecule has 1 unspecified atom stereocenters. The van der Waals surface area contributed by atoms with Gasteiger partial charge in [-0.1, -0.05) is 90.5 Å². The van der Waals surface area contributed by atoms with E-state index >= 15 is 0 Å². The maximum atomic E-state index is 13.6. The molecule has 0 bridgehead atoms. The van der Waals surface area contributed by atoms with Gasteiger partial charge in [0.25, 0.3) is 5.91 Å². The van der Waals surface area contributed by atoms with Crippen molar-refractivity contribution in [3.05, 3.63) is 96.8 Å². The summed E-state index contributed by atoms with van der Waals surface area (Å²) in [4.78, 5) is 28.3. The molecule has 1 saturated heterocycles. The number of halogens is 3. The van der Waals surface area contributed by atoms with Crippen LogP contribution in [0.3, 0.4) is 0 Å². The quantitative estimate of drug-likeness (QED) is 0.121. The van der Waals surface area contributed by atoms with E-state index in [0.29, 0.717) is 48.5 Å². The molecule has 0 aliphatic carbocycles. The third-order valence-corrected chi connectivity index (χ3v) is 8.31. The molecule has 0 spiro atoms. The monoisotopic (exact) mass is 679 g/mol. The number of ether oxygens (including phenoxy) is 3. The number of methoxy groups -OCH3 is 1. The molecular formula is C29H24BrCl2NO5S2.